The van der Waals surface area contributed by atoms with E-state index in [2.05, 4.69) is 30.1 Å². The Balaban J connectivity index is 1.97. The molecule has 29 heavy (non-hydrogen) atoms. The van der Waals surface area contributed by atoms with Crippen LogP contribution >= 0.6 is 0 Å². The highest BCUT2D eigenvalue weighted by molar-refractivity contribution is 4.95. The third-order valence-corrected chi connectivity index (χ3v) is 6.33. The molecule has 0 bridgehead atoms. The van der Waals surface area contributed by atoms with Crippen molar-refractivity contribution in [2.75, 3.05) is 0 Å². The second-order valence-electron chi connectivity index (χ2n) is 7.70. The van der Waals surface area contributed by atoms with Crippen LogP contribution in [0.5, 0.6) is 0 Å². The first-order chi connectivity index (χ1) is 13.6. The Morgan fingerprint density at radius 1 is 0.655 bits per heavy atom. The first kappa shape index (κ1) is 22.9. The van der Waals surface area contributed by atoms with E-state index in [0.717, 1.165) is 0 Å². The van der Waals surface area contributed by atoms with Gasteiger partial charge in [-0.2, -0.15) is 13.2 Å². The van der Waals surface area contributed by atoms with Crippen molar-refractivity contribution in [3.05, 3.63) is 31.3 Å². The van der Waals surface area contributed by atoms with Crippen LogP contribution in [0.25, 0.3) is 31.3 Å². The van der Waals surface area contributed by atoms with Gasteiger partial charge >= 0.3 is 6.18 Å². The molecule has 2 aliphatic carbocycles. The van der Waals surface area contributed by atoms with Crippen molar-refractivity contribution in [1.82, 2.24) is 0 Å². The summed E-state index contributed by atoms with van der Waals surface area (Å²) in [6.07, 6.45) is -1.78. The molecular weight excluding hydrogens is 395 g/mol. The van der Waals surface area contributed by atoms with Crippen LogP contribution in [0, 0.1) is 23.7 Å². The minimum absolute atomic E-state index is 0.0843. The zero-order chi connectivity index (χ0) is 21.7. The molecule has 2 fully saturated rings. The fourth-order valence-electron chi connectivity index (χ4n) is 4.72. The fraction of sp³-hybridized carbons (Fsp3) is 1.00. The Kier molecular flexibility index (Phi) is 7.10. The fourth-order valence-corrected chi connectivity index (χ4v) is 4.72. The summed E-state index contributed by atoms with van der Waals surface area (Å²) in [5.74, 6) is -3.53. The summed E-state index contributed by atoms with van der Waals surface area (Å²) in [6, 6.07) is 0. The van der Waals surface area contributed by atoms with Gasteiger partial charge in [-0.15, -0.1) is 0 Å². The van der Waals surface area contributed by atoms with E-state index in [9.17, 15) is 23.4 Å². The van der Waals surface area contributed by atoms with E-state index in [1.165, 1.54) is 0 Å². The highest BCUT2D eigenvalue weighted by atomic mass is 19.4. The predicted octanol–water partition coefficient (Wildman–Crippen LogP) is 5.43. The van der Waals surface area contributed by atoms with Gasteiger partial charge in [-0.05, 0) is 90.8 Å². The van der Waals surface area contributed by atoms with Gasteiger partial charge in [0, 0.05) is 20.7 Å². The summed E-state index contributed by atoms with van der Waals surface area (Å²) < 4.78 is 39.6. The van der Waals surface area contributed by atoms with Crippen LogP contribution in [0.1, 0.15) is 51.4 Å². The molecule has 0 aromatic carbocycles. The standard InChI is InChI=1S/C15H22F3N9O2/c16-15(17,18)13(28,22-25-19)11-5-1-9(2-6-11)10-3-7-12(8-4-10)14(29,23-26-20)24-27-21/h9-12,28-29H,1-8H2. The van der Waals surface area contributed by atoms with Crippen molar-refractivity contribution in [1.29, 1.82) is 0 Å². The Morgan fingerprint density at radius 2 is 1.03 bits per heavy atom. The first-order valence-electron chi connectivity index (χ1n) is 9.31. The van der Waals surface area contributed by atoms with E-state index in [1.54, 1.807) is 0 Å². The van der Waals surface area contributed by atoms with E-state index < -0.39 is 29.6 Å². The third-order valence-electron chi connectivity index (χ3n) is 6.33. The third kappa shape index (κ3) is 4.80. The minimum Gasteiger partial charge on any atom is -0.379 e. The molecule has 0 spiro atoms. The van der Waals surface area contributed by atoms with Crippen LogP contribution in [0.15, 0.2) is 15.3 Å². The monoisotopic (exact) mass is 417 g/mol. The van der Waals surface area contributed by atoms with Gasteiger partial charge in [-0.1, -0.05) is 10.2 Å². The molecule has 2 rings (SSSR count). The number of rotatable bonds is 6. The Hall–Kier alpha value is -2.36. The summed E-state index contributed by atoms with van der Waals surface area (Å²) in [4.78, 5) is 7.26. The lowest BCUT2D eigenvalue weighted by Crippen LogP contribution is -2.50. The average Bonchev–Trinajstić information content (AvgIpc) is 2.68. The molecule has 0 saturated heterocycles. The van der Waals surface area contributed by atoms with Crippen molar-refractivity contribution in [2.24, 2.45) is 39.0 Å². The quantitative estimate of drug-likeness (QED) is 0.332. The number of aliphatic hydroxyl groups is 2. The molecule has 2 aliphatic rings. The highest BCUT2D eigenvalue weighted by Crippen LogP contribution is 2.49. The van der Waals surface area contributed by atoms with Gasteiger partial charge in [0.25, 0.3) is 0 Å². The Morgan fingerprint density at radius 3 is 1.38 bits per heavy atom. The summed E-state index contributed by atoms with van der Waals surface area (Å²) in [6.45, 7) is 0. The van der Waals surface area contributed by atoms with Gasteiger partial charge < -0.3 is 10.2 Å². The lowest BCUT2D eigenvalue weighted by Gasteiger charge is -2.42. The van der Waals surface area contributed by atoms with Crippen LogP contribution in [0.2, 0.25) is 0 Å². The molecule has 0 radical (unpaired) electrons. The Labute approximate surface area is 163 Å². The summed E-state index contributed by atoms with van der Waals surface area (Å²) >= 11 is 0. The Bertz CT molecular complexity index is 710. The number of azide groups is 2. The molecule has 160 valence electrons. The number of hydrogen-bond acceptors (Lipinski definition) is 5. The summed E-state index contributed by atoms with van der Waals surface area (Å²) in [5, 5.41) is 29.3. The minimum atomic E-state index is -5.04. The number of nitrogens with zero attached hydrogens (tertiary/aromatic N) is 9. The average molecular weight is 417 g/mol. The van der Waals surface area contributed by atoms with Crippen molar-refractivity contribution in [3.8, 4) is 0 Å². The molecule has 0 aromatic heterocycles. The maximum absolute atomic E-state index is 13.2. The van der Waals surface area contributed by atoms with Gasteiger partial charge in [0.2, 0.25) is 11.6 Å². The van der Waals surface area contributed by atoms with Crippen molar-refractivity contribution in [2.45, 2.75) is 69.1 Å². The summed E-state index contributed by atoms with van der Waals surface area (Å²) in [5.41, 5.74) is 22.2. The number of halogens is 3. The number of alkyl halides is 3. The van der Waals surface area contributed by atoms with Gasteiger partial charge in [0.05, 0.1) is 0 Å². The topological polar surface area (TPSA) is 187 Å². The molecular formula is C15H22F3N9O2. The van der Waals surface area contributed by atoms with E-state index in [0.29, 0.717) is 38.5 Å². The maximum Gasteiger partial charge on any atom is 0.423 e. The van der Waals surface area contributed by atoms with E-state index in [4.69, 9.17) is 16.6 Å². The van der Waals surface area contributed by atoms with Crippen LogP contribution in [0.3, 0.4) is 0 Å². The molecule has 0 aromatic rings. The smallest absolute Gasteiger partial charge is 0.379 e. The molecule has 2 N–H and O–H groups in total. The van der Waals surface area contributed by atoms with E-state index in [1.807, 2.05) is 0 Å². The second-order valence-corrected chi connectivity index (χ2v) is 7.70. The van der Waals surface area contributed by atoms with Gasteiger partial charge in [-0.25, -0.2) is 0 Å². The van der Waals surface area contributed by atoms with Crippen molar-refractivity contribution >= 4 is 0 Å². The molecule has 14 heteroatoms. The normalized spacial score (nSPS) is 31.8. The van der Waals surface area contributed by atoms with Crippen molar-refractivity contribution in [3.63, 3.8) is 0 Å². The number of hydrogen-bond donors (Lipinski definition) is 2. The molecule has 0 heterocycles. The predicted molar refractivity (Wildman–Crippen MR) is 94.3 cm³/mol. The molecule has 0 amide bonds. The van der Waals surface area contributed by atoms with Crippen LogP contribution < -0.4 is 0 Å². The zero-order valence-electron chi connectivity index (χ0n) is 15.5. The summed E-state index contributed by atoms with van der Waals surface area (Å²) in [7, 11) is 0. The molecule has 1 unspecified atom stereocenters. The first-order valence-corrected chi connectivity index (χ1v) is 9.31. The van der Waals surface area contributed by atoms with Crippen LogP contribution in [-0.2, 0) is 0 Å². The SMILES string of the molecule is [N-]=[N+]=NC(O)(N=[N+]=[N-])C1CCC(C2CCC(C(O)(N=[N+]=[N-])C(F)(F)F)CC2)CC1. The van der Waals surface area contributed by atoms with Gasteiger partial charge in [0.15, 0.2) is 0 Å². The lowest BCUT2D eigenvalue weighted by atomic mass is 9.67. The van der Waals surface area contributed by atoms with E-state index >= 15 is 0 Å². The molecule has 2 saturated carbocycles. The molecule has 11 nitrogen and oxygen atoms in total. The highest BCUT2D eigenvalue weighted by Gasteiger charge is 2.58. The van der Waals surface area contributed by atoms with Crippen LogP contribution in [-0.4, -0.2) is 28.0 Å². The second kappa shape index (κ2) is 8.98. The van der Waals surface area contributed by atoms with Gasteiger partial charge in [-0.3, -0.25) is 0 Å². The molecule has 1 atom stereocenters. The zero-order valence-corrected chi connectivity index (χ0v) is 15.5. The molecule has 0 aliphatic heterocycles. The van der Waals surface area contributed by atoms with E-state index in [-0.39, 0.29) is 24.7 Å². The lowest BCUT2D eigenvalue weighted by molar-refractivity contribution is -0.281. The largest absolute Gasteiger partial charge is 0.423 e. The maximum atomic E-state index is 13.2. The van der Waals surface area contributed by atoms with Crippen LogP contribution in [0.4, 0.5) is 13.2 Å². The van der Waals surface area contributed by atoms with Crippen molar-refractivity contribution < 1.29 is 23.4 Å². The van der Waals surface area contributed by atoms with Gasteiger partial charge in [0.1, 0.15) is 0 Å².